The highest BCUT2D eigenvalue weighted by molar-refractivity contribution is 5.64. The number of aromatic nitrogens is 3. The smallest absolute Gasteiger partial charge is 0.247 e. The van der Waals surface area contributed by atoms with E-state index in [9.17, 15) is 0 Å². The van der Waals surface area contributed by atoms with Crippen LogP contribution in [0.25, 0.3) is 5.65 Å². The van der Waals surface area contributed by atoms with Gasteiger partial charge in [0.2, 0.25) is 5.95 Å². The van der Waals surface area contributed by atoms with Crippen LogP contribution in [-0.4, -0.2) is 21.7 Å². The van der Waals surface area contributed by atoms with E-state index in [1.54, 1.807) is 11.6 Å². The molecule has 0 unspecified atom stereocenters. The zero-order valence-electron chi connectivity index (χ0n) is 14.2. The number of benzene rings is 1. The Morgan fingerprint density at radius 1 is 1.13 bits per heavy atom. The van der Waals surface area contributed by atoms with Crippen molar-refractivity contribution in [2.45, 2.75) is 33.1 Å². The van der Waals surface area contributed by atoms with E-state index in [2.05, 4.69) is 48.3 Å². The molecule has 5 heteroatoms. The molecule has 0 amide bonds. The SMILES string of the molecule is COc1cc(C(C)(C)C)ccc1Nc1nc2ccc(C)cn2n1. The van der Waals surface area contributed by atoms with Gasteiger partial charge in [0.05, 0.1) is 12.8 Å². The summed E-state index contributed by atoms with van der Waals surface area (Å²) < 4.78 is 7.29. The van der Waals surface area contributed by atoms with Crippen molar-refractivity contribution < 1.29 is 4.74 Å². The van der Waals surface area contributed by atoms with Gasteiger partial charge in [-0.1, -0.05) is 32.9 Å². The molecule has 3 aromatic rings. The van der Waals surface area contributed by atoms with Crippen molar-refractivity contribution in [1.82, 2.24) is 14.6 Å². The lowest BCUT2D eigenvalue weighted by molar-refractivity contribution is 0.414. The molecule has 1 N–H and O–H groups in total. The molecular weight excluding hydrogens is 288 g/mol. The van der Waals surface area contributed by atoms with Gasteiger partial charge < -0.3 is 10.1 Å². The van der Waals surface area contributed by atoms with Crippen molar-refractivity contribution >= 4 is 17.3 Å². The van der Waals surface area contributed by atoms with Crippen LogP contribution in [0.4, 0.5) is 11.6 Å². The topological polar surface area (TPSA) is 51.5 Å². The third-order valence-electron chi connectivity index (χ3n) is 3.79. The highest BCUT2D eigenvalue weighted by Gasteiger charge is 2.16. The molecule has 0 aliphatic rings. The Morgan fingerprint density at radius 3 is 2.61 bits per heavy atom. The van der Waals surface area contributed by atoms with Crippen LogP contribution in [0.5, 0.6) is 5.75 Å². The Hall–Kier alpha value is -2.56. The molecule has 120 valence electrons. The van der Waals surface area contributed by atoms with Gasteiger partial charge >= 0.3 is 0 Å². The first-order chi connectivity index (χ1) is 10.9. The Balaban J connectivity index is 1.94. The minimum absolute atomic E-state index is 0.0741. The van der Waals surface area contributed by atoms with E-state index in [1.807, 2.05) is 31.3 Å². The van der Waals surface area contributed by atoms with Gasteiger partial charge in [-0.05, 0) is 41.7 Å². The van der Waals surface area contributed by atoms with Gasteiger partial charge in [-0.3, -0.25) is 0 Å². The fourth-order valence-corrected chi connectivity index (χ4v) is 2.42. The number of fused-ring (bicyclic) bond motifs is 1. The van der Waals surface area contributed by atoms with E-state index in [-0.39, 0.29) is 5.41 Å². The molecule has 0 aliphatic carbocycles. The zero-order chi connectivity index (χ0) is 16.6. The number of ether oxygens (including phenoxy) is 1. The minimum Gasteiger partial charge on any atom is -0.495 e. The Labute approximate surface area is 136 Å². The summed E-state index contributed by atoms with van der Waals surface area (Å²) in [6, 6.07) is 10.1. The number of methoxy groups -OCH3 is 1. The summed E-state index contributed by atoms with van der Waals surface area (Å²) in [7, 11) is 1.67. The molecule has 23 heavy (non-hydrogen) atoms. The zero-order valence-corrected chi connectivity index (χ0v) is 14.2. The molecule has 2 aromatic heterocycles. The molecule has 0 radical (unpaired) electrons. The molecule has 3 rings (SSSR count). The van der Waals surface area contributed by atoms with Crippen LogP contribution >= 0.6 is 0 Å². The molecular formula is C18H22N4O. The van der Waals surface area contributed by atoms with Crippen LogP contribution in [0.2, 0.25) is 0 Å². The normalized spacial score (nSPS) is 11.7. The predicted molar refractivity (Wildman–Crippen MR) is 92.7 cm³/mol. The average Bonchev–Trinajstić information content (AvgIpc) is 2.87. The van der Waals surface area contributed by atoms with Crippen molar-refractivity contribution in [2.24, 2.45) is 0 Å². The first kappa shape index (κ1) is 15.3. The quantitative estimate of drug-likeness (QED) is 0.791. The van der Waals surface area contributed by atoms with E-state index >= 15 is 0 Å². The number of hydrogen-bond donors (Lipinski definition) is 1. The molecule has 0 fully saturated rings. The highest BCUT2D eigenvalue weighted by Crippen LogP contribution is 2.32. The molecule has 0 saturated heterocycles. The minimum atomic E-state index is 0.0741. The van der Waals surface area contributed by atoms with E-state index in [4.69, 9.17) is 4.74 Å². The van der Waals surface area contributed by atoms with Crippen molar-refractivity contribution in [3.8, 4) is 5.75 Å². The standard InChI is InChI=1S/C18H22N4O/c1-12-6-9-16-20-17(21-22(16)11-12)19-14-8-7-13(18(2,3)4)10-15(14)23-5/h6-11H,1-5H3,(H,19,21). The van der Waals surface area contributed by atoms with Gasteiger partial charge in [-0.15, -0.1) is 5.10 Å². The van der Waals surface area contributed by atoms with Gasteiger partial charge in [0, 0.05) is 6.20 Å². The maximum atomic E-state index is 5.52. The third-order valence-corrected chi connectivity index (χ3v) is 3.79. The lowest BCUT2D eigenvalue weighted by atomic mass is 9.87. The van der Waals surface area contributed by atoms with Crippen LogP contribution in [-0.2, 0) is 5.41 Å². The van der Waals surface area contributed by atoms with Crippen LogP contribution in [0.1, 0.15) is 31.9 Å². The van der Waals surface area contributed by atoms with E-state index in [0.717, 1.165) is 22.6 Å². The van der Waals surface area contributed by atoms with Crippen molar-refractivity contribution in [3.63, 3.8) is 0 Å². The van der Waals surface area contributed by atoms with Gasteiger partial charge in [0.1, 0.15) is 5.75 Å². The fraction of sp³-hybridized carbons (Fsp3) is 0.333. The van der Waals surface area contributed by atoms with Crippen molar-refractivity contribution in [1.29, 1.82) is 0 Å². The first-order valence-electron chi connectivity index (χ1n) is 7.65. The van der Waals surface area contributed by atoms with Crippen molar-refractivity contribution in [2.75, 3.05) is 12.4 Å². The molecule has 0 saturated carbocycles. The summed E-state index contributed by atoms with van der Waals surface area (Å²) in [4.78, 5) is 4.48. The Morgan fingerprint density at radius 2 is 1.91 bits per heavy atom. The first-order valence-corrected chi connectivity index (χ1v) is 7.65. The molecule has 0 atom stereocenters. The van der Waals surface area contributed by atoms with Crippen molar-refractivity contribution in [3.05, 3.63) is 47.7 Å². The number of nitrogens with one attached hydrogen (secondary N) is 1. The Bertz CT molecular complexity index is 846. The maximum absolute atomic E-state index is 5.52. The summed E-state index contributed by atoms with van der Waals surface area (Å²) in [5.74, 6) is 1.34. The Kier molecular flexibility index (Phi) is 3.72. The molecule has 0 aliphatic heterocycles. The molecule has 0 bridgehead atoms. The number of hydrogen-bond acceptors (Lipinski definition) is 4. The summed E-state index contributed by atoms with van der Waals surface area (Å²) in [6.45, 7) is 8.57. The predicted octanol–water partition coefficient (Wildman–Crippen LogP) is 4.09. The third kappa shape index (κ3) is 3.13. The largest absolute Gasteiger partial charge is 0.495 e. The number of nitrogens with zero attached hydrogens (tertiary/aromatic N) is 3. The second-order valence-corrected chi connectivity index (χ2v) is 6.73. The second kappa shape index (κ2) is 5.57. The lowest BCUT2D eigenvalue weighted by Crippen LogP contribution is -2.11. The van der Waals surface area contributed by atoms with Gasteiger partial charge in [-0.2, -0.15) is 4.98 Å². The average molecular weight is 310 g/mol. The van der Waals surface area contributed by atoms with Gasteiger partial charge in [0.15, 0.2) is 5.65 Å². The monoisotopic (exact) mass is 310 g/mol. The molecule has 2 heterocycles. The van der Waals surface area contributed by atoms with Crippen LogP contribution < -0.4 is 10.1 Å². The van der Waals surface area contributed by atoms with Gasteiger partial charge in [-0.25, -0.2) is 4.52 Å². The molecule has 5 nitrogen and oxygen atoms in total. The number of aryl methyl sites for hydroxylation is 1. The van der Waals surface area contributed by atoms with Gasteiger partial charge in [0.25, 0.3) is 0 Å². The summed E-state index contributed by atoms with van der Waals surface area (Å²) in [6.07, 6.45) is 1.95. The number of pyridine rings is 1. The summed E-state index contributed by atoms with van der Waals surface area (Å²) in [5, 5.41) is 7.70. The maximum Gasteiger partial charge on any atom is 0.247 e. The molecule has 1 aromatic carbocycles. The van der Waals surface area contributed by atoms with E-state index < -0.39 is 0 Å². The second-order valence-electron chi connectivity index (χ2n) is 6.73. The summed E-state index contributed by atoms with van der Waals surface area (Å²) >= 11 is 0. The number of anilines is 2. The lowest BCUT2D eigenvalue weighted by Gasteiger charge is -2.20. The molecule has 0 spiro atoms. The highest BCUT2D eigenvalue weighted by atomic mass is 16.5. The summed E-state index contributed by atoms with van der Waals surface area (Å²) in [5.41, 5.74) is 4.10. The van der Waals surface area contributed by atoms with Crippen LogP contribution in [0.15, 0.2) is 36.5 Å². The van der Waals surface area contributed by atoms with Crippen LogP contribution in [0.3, 0.4) is 0 Å². The number of rotatable bonds is 3. The van der Waals surface area contributed by atoms with Crippen LogP contribution in [0, 0.1) is 6.92 Å². The van der Waals surface area contributed by atoms with E-state index in [0.29, 0.717) is 5.95 Å². The fourth-order valence-electron chi connectivity index (χ4n) is 2.42. The van der Waals surface area contributed by atoms with E-state index in [1.165, 1.54) is 5.56 Å².